The monoisotopic (exact) mass is 260 g/mol. The zero-order valence-electron chi connectivity index (χ0n) is 12.1. The summed E-state index contributed by atoms with van der Waals surface area (Å²) in [6.07, 6.45) is 9.31. The van der Waals surface area contributed by atoms with E-state index in [2.05, 4.69) is 98.8 Å². The number of allylic oxidation sites excluding steroid dienone is 4. The van der Waals surface area contributed by atoms with E-state index in [-0.39, 0.29) is 10.8 Å². The molecule has 0 nitrogen and oxygen atoms in total. The minimum atomic E-state index is -0.00441. The van der Waals surface area contributed by atoms with Crippen LogP contribution in [0.3, 0.4) is 0 Å². The molecule has 20 heavy (non-hydrogen) atoms. The van der Waals surface area contributed by atoms with Gasteiger partial charge < -0.3 is 0 Å². The summed E-state index contributed by atoms with van der Waals surface area (Å²) in [5, 5.41) is 0. The molecule has 1 aliphatic carbocycles. The second kappa shape index (κ2) is 4.79. The molecular weight excluding hydrogens is 240 g/mol. The highest BCUT2D eigenvalue weighted by Gasteiger charge is 2.29. The summed E-state index contributed by atoms with van der Waals surface area (Å²) < 4.78 is 0. The van der Waals surface area contributed by atoms with Crippen LogP contribution < -0.4 is 0 Å². The molecule has 0 unspecified atom stereocenters. The molecule has 0 atom stereocenters. The van der Waals surface area contributed by atoms with Crippen LogP contribution in [0.4, 0.5) is 0 Å². The lowest BCUT2D eigenvalue weighted by atomic mass is 9.71. The van der Waals surface area contributed by atoms with Crippen molar-refractivity contribution >= 4 is 0 Å². The number of hydrogen-bond donors (Lipinski definition) is 0. The minimum Gasteiger partial charge on any atom is -0.0733 e. The van der Waals surface area contributed by atoms with Crippen LogP contribution in [0.5, 0.6) is 0 Å². The van der Waals surface area contributed by atoms with E-state index in [4.69, 9.17) is 0 Å². The molecule has 0 saturated carbocycles. The summed E-state index contributed by atoms with van der Waals surface area (Å²) in [6, 6.07) is 21.3. The summed E-state index contributed by atoms with van der Waals surface area (Å²) in [6.45, 7) is 4.53. The molecule has 0 aliphatic heterocycles. The quantitative estimate of drug-likeness (QED) is 0.664. The van der Waals surface area contributed by atoms with Crippen LogP contribution in [0.25, 0.3) is 0 Å². The topological polar surface area (TPSA) is 0 Å². The maximum atomic E-state index is 2.33. The third-order valence-electron chi connectivity index (χ3n) is 4.34. The molecular formula is C20H20. The van der Waals surface area contributed by atoms with Crippen LogP contribution in [0.1, 0.15) is 25.0 Å². The molecule has 1 aliphatic rings. The predicted octanol–water partition coefficient (Wildman–Crippen LogP) is 5.03. The first-order chi connectivity index (χ1) is 9.62. The van der Waals surface area contributed by atoms with Crippen LogP contribution in [-0.2, 0) is 10.8 Å². The lowest BCUT2D eigenvalue weighted by Gasteiger charge is -2.33. The van der Waals surface area contributed by atoms with E-state index in [9.17, 15) is 0 Å². The van der Waals surface area contributed by atoms with Gasteiger partial charge in [-0.15, -0.1) is 0 Å². The molecule has 0 heteroatoms. The second-order valence-electron chi connectivity index (χ2n) is 5.96. The minimum absolute atomic E-state index is 0.00441. The summed E-state index contributed by atoms with van der Waals surface area (Å²) in [4.78, 5) is 0. The van der Waals surface area contributed by atoms with Gasteiger partial charge >= 0.3 is 0 Å². The molecule has 100 valence electrons. The Morgan fingerprint density at radius 1 is 0.500 bits per heavy atom. The zero-order valence-corrected chi connectivity index (χ0v) is 12.1. The lowest BCUT2D eigenvalue weighted by Crippen LogP contribution is -2.26. The van der Waals surface area contributed by atoms with Gasteiger partial charge in [-0.25, -0.2) is 0 Å². The van der Waals surface area contributed by atoms with Crippen molar-refractivity contribution < 1.29 is 0 Å². The first-order valence-corrected chi connectivity index (χ1v) is 7.14. The van der Waals surface area contributed by atoms with Crippen molar-refractivity contribution in [3.8, 4) is 0 Å². The van der Waals surface area contributed by atoms with Crippen LogP contribution in [-0.4, -0.2) is 0 Å². The van der Waals surface area contributed by atoms with E-state index in [0.29, 0.717) is 0 Å². The number of hydrogen-bond acceptors (Lipinski definition) is 0. The van der Waals surface area contributed by atoms with Gasteiger partial charge in [-0.1, -0.05) is 85.0 Å². The summed E-state index contributed by atoms with van der Waals surface area (Å²) >= 11 is 0. The predicted molar refractivity (Wildman–Crippen MR) is 85.9 cm³/mol. The normalized spacial score (nSPS) is 28.5. The van der Waals surface area contributed by atoms with Gasteiger partial charge in [0.15, 0.2) is 0 Å². The van der Waals surface area contributed by atoms with E-state index in [1.54, 1.807) is 0 Å². The Morgan fingerprint density at radius 3 is 1.10 bits per heavy atom. The van der Waals surface area contributed by atoms with E-state index in [1.165, 1.54) is 11.1 Å². The van der Waals surface area contributed by atoms with Gasteiger partial charge in [-0.05, 0) is 25.0 Å². The van der Waals surface area contributed by atoms with Crippen molar-refractivity contribution in [1.29, 1.82) is 0 Å². The second-order valence-corrected chi connectivity index (χ2v) is 5.96. The Morgan fingerprint density at radius 2 is 0.800 bits per heavy atom. The summed E-state index contributed by atoms with van der Waals surface area (Å²) in [5.41, 5.74) is 2.66. The van der Waals surface area contributed by atoms with E-state index in [1.807, 2.05) is 0 Å². The highest BCUT2D eigenvalue weighted by molar-refractivity contribution is 5.46. The molecule has 0 radical (unpaired) electrons. The molecule has 0 spiro atoms. The standard InChI is InChI=1S/C20H20/c1-19(17-9-5-3-6-10-17)13-15-20(2,16-14-19)18-11-7-4-8-12-18/h3-16H,1-2H3. The highest BCUT2D eigenvalue weighted by Crippen LogP contribution is 2.37. The van der Waals surface area contributed by atoms with Crippen molar-refractivity contribution in [3.05, 3.63) is 96.1 Å². The zero-order chi connectivity index (χ0) is 14.1. The summed E-state index contributed by atoms with van der Waals surface area (Å²) in [5.74, 6) is 0. The Kier molecular flexibility index (Phi) is 3.10. The molecule has 3 rings (SSSR count). The van der Waals surface area contributed by atoms with Crippen molar-refractivity contribution in [2.75, 3.05) is 0 Å². The first kappa shape index (κ1) is 12.9. The molecule has 0 amide bonds. The fourth-order valence-corrected chi connectivity index (χ4v) is 2.78. The van der Waals surface area contributed by atoms with Crippen molar-refractivity contribution in [1.82, 2.24) is 0 Å². The molecule has 0 bridgehead atoms. The fourth-order valence-electron chi connectivity index (χ4n) is 2.78. The molecule has 0 N–H and O–H groups in total. The highest BCUT2D eigenvalue weighted by atomic mass is 14.3. The van der Waals surface area contributed by atoms with Gasteiger partial charge in [0.1, 0.15) is 0 Å². The van der Waals surface area contributed by atoms with Gasteiger partial charge in [-0.2, -0.15) is 0 Å². The molecule has 0 aromatic heterocycles. The van der Waals surface area contributed by atoms with Crippen molar-refractivity contribution in [2.45, 2.75) is 24.7 Å². The van der Waals surface area contributed by atoms with Crippen LogP contribution in [0.2, 0.25) is 0 Å². The smallest absolute Gasteiger partial charge is 0.0284 e. The number of benzene rings is 2. The molecule has 0 saturated heterocycles. The van der Waals surface area contributed by atoms with Gasteiger partial charge in [0.05, 0.1) is 0 Å². The van der Waals surface area contributed by atoms with Gasteiger partial charge in [0.25, 0.3) is 0 Å². The van der Waals surface area contributed by atoms with Crippen molar-refractivity contribution in [2.24, 2.45) is 0 Å². The fraction of sp³-hybridized carbons (Fsp3) is 0.200. The molecule has 2 aromatic carbocycles. The van der Waals surface area contributed by atoms with Crippen LogP contribution in [0.15, 0.2) is 85.0 Å². The Balaban J connectivity index is 1.95. The van der Waals surface area contributed by atoms with E-state index < -0.39 is 0 Å². The van der Waals surface area contributed by atoms with E-state index in [0.717, 1.165) is 0 Å². The largest absolute Gasteiger partial charge is 0.0733 e. The number of rotatable bonds is 2. The van der Waals surface area contributed by atoms with E-state index >= 15 is 0 Å². The molecule has 2 aromatic rings. The third kappa shape index (κ3) is 2.22. The third-order valence-corrected chi connectivity index (χ3v) is 4.34. The average Bonchev–Trinajstić information content (AvgIpc) is 2.52. The van der Waals surface area contributed by atoms with Crippen molar-refractivity contribution in [3.63, 3.8) is 0 Å². The van der Waals surface area contributed by atoms with Gasteiger partial charge in [0, 0.05) is 10.8 Å². The van der Waals surface area contributed by atoms with Gasteiger partial charge in [0.2, 0.25) is 0 Å². The Bertz CT molecular complexity index is 561. The van der Waals surface area contributed by atoms with Crippen LogP contribution >= 0.6 is 0 Å². The van der Waals surface area contributed by atoms with Crippen LogP contribution in [0, 0.1) is 0 Å². The summed E-state index contributed by atoms with van der Waals surface area (Å²) in [7, 11) is 0. The average molecular weight is 260 g/mol. The molecule has 0 fully saturated rings. The maximum Gasteiger partial charge on any atom is 0.0284 e. The molecule has 0 heterocycles. The van der Waals surface area contributed by atoms with Gasteiger partial charge in [-0.3, -0.25) is 0 Å². The SMILES string of the molecule is CC1(c2ccccc2)C=CC(C)(c2ccccc2)C=C1. The Hall–Kier alpha value is -2.08. The lowest BCUT2D eigenvalue weighted by molar-refractivity contribution is 0.664. The maximum absolute atomic E-state index is 2.33. The first-order valence-electron chi connectivity index (χ1n) is 7.14. The Labute approximate surface area is 121 Å².